The highest BCUT2D eigenvalue weighted by atomic mass is 35.5. The van der Waals surface area contributed by atoms with E-state index in [1.165, 1.54) is 6.42 Å². The number of ether oxygens (including phenoxy) is 1. The van der Waals surface area contributed by atoms with Gasteiger partial charge >= 0.3 is 0 Å². The molecule has 1 unspecified atom stereocenters. The number of rotatable bonds is 9. The monoisotopic (exact) mass is 505 g/mol. The zero-order chi connectivity index (χ0) is 20.1. The van der Waals surface area contributed by atoms with Crippen LogP contribution in [0.15, 0.2) is 36.4 Å². The lowest BCUT2D eigenvalue weighted by Gasteiger charge is -2.22. The van der Waals surface area contributed by atoms with Gasteiger partial charge in [0.25, 0.3) is 0 Å². The Balaban J connectivity index is 0. The summed E-state index contributed by atoms with van der Waals surface area (Å²) in [4.78, 5) is 7.27. The normalized spacial score (nSPS) is 11.1. The molecule has 0 aliphatic carbocycles. The lowest BCUT2D eigenvalue weighted by molar-refractivity contribution is -0.001000. The fourth-order valence-electron chi connectivity index (χ4n) is 3.66. The Bertz CT molecular complexity index is 956. The zero-order valence-corrected chi connectivity index (χ0v) is 21.3. The van der Waals surface area contributed by atoms with Gasteiger partial charge < -0.3 is 50.7 Å². The van der Waals surface area contributed by atoms with Gasteiger partial charge in [0.2, 0.25) is 0 Å². The molecule has 182 valence electrons. The minimum absolute atomic E-state index is 0. The van der Waals surface area contributed by atoms with Crippen LogP contribution in [-0.4, -0.2) is 53.6 Å². The van der Waals surface area contributed by atoms with Crippen LogP contribution >= 0.6 is 11.6 Å². The predicted molar refractivity (Wildman–Crippen MR) is 128 cm³/mol. The highest BCUT2D eigenvalue weighted by Gasteiger charge is 2.13. The summed E-state index contributed by atoms with van der Waals surface area (Å²) in [7, 11) is 1.69. The van der Waals surface area contributed by atoms with Crippen molar-refractivity contribution in [1.29, 1.82) is 0 Å². The molecule has 0 aliphatic rings. The van der Waals surface area contributed by atoms with E-state index >= 15 is 0 Å². The molecule has 2 aromatic carbocycles. The van der Waals surface area contributed by atoms with E-state index in [-0.39, 0.29) is 35.8 Å². The number of hydrogen-bond acceptors (Lipinski definition) is 4. The van der Waals surface area contributed by atoms with Gasteiger partial charge in [0, 0.05) is 21.8 Å². The maximum Gasteiger partial charge on any atom is 0.119 e. The summed E-state index contributed by atoms with van der Waals surface area (Å²) < 4.78 is 5.45. The molecule has 0 amide bonds. The third-order valence-corrected chi connectivity index (χ3v) is 5.57. The molecule has 1 aromatic heterocycles. The molecule has 0 aliphatic heterocycles. The Morgan fingerprint density at radius 1 is 1.00 bits per heavy atom. The molecule has 0 radical (unpaired) electrons. The van der Waals surface area contributed by atoms with Crippen molar-refractivity contribution in [2.24, 2.45) is 0 Å². The van der Waals surface area contributed by atoms with Gasteiger partial charge in [0.05, 0.1) is 23.8 Å². The molecule has 0 fully saturated rings. The highest BCUT2D eigenvalue weighted by Crippen LogP contribution is 2.34. The number of halogens is 3. The molecule has 0 saturated heterocycles. The molecule has 0 bridgehead atoms. The van der Waals surface area contributed by atoms with E-state index in [0.29, 0.717) is 11.1 Å². The molecule has 3 rings (SSSR count). The first-order valence-electron chi connectivity index (χ1n) is 10.1. The summed E-state index contributed by atoms with van der Waals surface area (Å²) in [5.74, 6) is 0.833. The second-order valence-electron chi connectivity index (χ2n) is 7.25. The summed E-state index contributed by atoms with van der Waals surface area (Å²) in [6.07, 6.45) is 2.28. The predicted octanol–water partition coefficient (Wildman–Crippen LogP) is -1.67. The number of anilines is 1. The molecule has 1 heterocycles. The maximum absolute atomic E-state index is 6.22. The minimum Gasteiger partial charge on any atom is -1.00 e. The molecule has 5 N–H and O–H groups in total. The van der Waals surface area contributed by atoms with Crippen molar-refractivity contribution in [2.45, 2.75) is 39.7 Å². The topological polar surface area (TPSA) is 100 Å². The van der Waals surface area contributed by atoms with Crippen LogP contribution < -0.4 is 34.9 Å². The molecule has 32 heavy (non-hydrogen) atoms. The molecular weight excluding hydrogens is 473 g/mol. The Labute approximate surface area is 208 Å². The Morgan fingerprint density at radius 3 is 2.31 bits per heavy atom. The average Bonchev–Trinajstić information content (AvgIpc) is 2.70. The van der Waals surface area contributed by atoms with Crippen molar-refractivity contribution >= 4 is 39.1 Å². The fourth-order valence-corrected chi connectivity index (χ4v) is 3.82. The SMILES string of the molecule is CCN(CC)CCCC(C)Nc1c2ccc(Cl)cc2nc2ccc(OC)cc12.O.O.[Cl-].[Cl-]. The number of hydrogen-bond donors (Lipinski definition) is 1. The van der Waals surface area contributed by atoms with E-state index < -0.39 is 0 Å². The molecule has 0 spiro atoms. The Kier molecular flexibility index (Phi) is 15.6. The molecule has 0 saturated carbocycles. The number of nitrogens with one attached hydrogen (secondary N) is 1. The van der Waals surface area contributed by atoms with Crippen LogP contribution in [-0.2, 0) is 0 Å². The average molecular weight is 507 g/mol. The first-order valence-corrected chi connectivity index (χ1v) is 10.5. The summed E-state index contributed by atoms with van der Waals surface area (Å²) in [5, 5.41) is 6.61. The second kappa shape index (κ2) is 15.3. The highest BCUT2D eigenvalue weighted by molar-refractivity contribution is 6.31. The van der Waals surface area contributed by atoms with Gasteiger partial charge in [-0.3, -0.25) is 0 Å². The number of pyridine rings is 1. The van der Waals surface area contributed by atoms with Gasteiger partial charge in [-0.2, -0.15) is 0 Å². The molecular formula is C23H34Cl3N3O3-2. The van der Waals surface area contributed by atoms with Gasteiger partial charge in [0.15, 0.2) is 0 Å². The minimum atomic E-state index is 0. The van der Waals surface area contributed by atoms with Crippen molar-refractivity contribution in [3.05, 3.63) is 41.4 Å². The van der Waals surface area contributed by atoms with Crippen LogP contribution in [0.25, 0.3) is 21.8 Å². The van der Waals surface area contributed by atoms with Crippen LogP contribution in [0.2, 0.25) is 5.02 Å². The van der Waals surface area contributed by atoms with Crippen LogP contribution in [0.1, 0.15) is 33.6 Å². The first kappa shape index (κ1) is 32.6. The quantitative estimate of drug-likeness (QED) is 0.351. The number of benzene rings is 2. The van der Waals surface area contributed by atoms with Crippen LogP contribution in [0.5, 0.6) is 5.75 Å². The fraction of sp³-hybridized carbons (Fsp3) is 0.435. The van der Waals surface area contributed by atoms with E-state index in [1.807, 2.05) is 24.3 Å². The van der Waals surface area contributed by atoms with Crippen molar-refractivity contribution in [2.75, 3.05) is 32.1 Å². The lowest BCUT2D eigenvalue weighted by Crippen LogP contribution is -3.00. The van der Waals surface area contributed by atoms with Crippen molar-refractivity contribution in [3.8, 4) is 5.75 Å². The molecule has 3 aromatic rings. The first-order chi connectivity index (χ1) is 13.5. The number of nitrogens with zero attached hydrogens (tertiary/aromatic N) is 2. The van der Waals surface area contributed by atoms with Crippen LogP contribution in [0, 0.1) is 0 Å². The maximum atomic E-state index is 6.22. The molecule has 9 heteroatoms. The molecule has 6 nitrogen and oxygen atoms in total. The summed E-state index contributed by atoms with van der Waals surface area (Å²) >= 11 is 6.22. The standard InChI is InChI=1S/C23H30ClN3O.2ClH.2H2O/c1-5-27(6-2)13-7-8-16(3)25-23-19-11-9-17(24)14-22(19)26-21-12-10-18(28-4)15-20(21)23;;;;/h9-12,14-16H,5-8,13H2,1-4H3,(H,25,26);2*1H;2*1H2/p-2. The summed E-state index contributed by atoms with van der Waals surface area (Å²) in [5.41, 5.74) is 2.95. The van der Waals surface area contributed by atoms with Gasteiger partial charge in [-0.1, -0.05) is 25.4 Å². The van der Waals surface area contributed by atoms with Gasteiger partial charge in [-0.15, -0.1) is 0 Å². The van der Waals surface area contributed by atoms with Gasteiger partial charge in [-0.05, 0) is 75.8 Å². The summed E-state index contributed by atoms with van der Waals surface area (Å²) in [6, 6.07) is 12.3. The van der Waals surface area contributed by atoms with Gasteiger partial charge in [0.1, 0.15) is 5.75 Å². The number of fused-ring (bicyclic) bond motifs is 2. The third kappa shape index (κ3) is 7.80. The number of methoxy groups -OCH3 is 1. The van der Waals surface area contributed by atoms with Crippen LogP contribution in [0.3, 0.4) is 0 Å². The smallest absolute Gasteiger partial charge is 0.119 e. The van der Waals surface area contributed by atoms with Crippen molar-refractivity contribution in [3.63, 3.8) is 0 Å². The van der Waals surface area contributed by atoms with Crippen molar-refractivity contribution < 1.29 is 40.5 Å². The van der Waals surface area contributed by atoms with E-state index in [0.717, 1.165) is 59.3 Å². The summed E-state index contributed by atoms with van der Waals surface area (Å²) in [6.45, 7) is 10.0. The van der Waals surface area contributed by atoms with E-state index in [2.05, 4.69) is 43.1 Å². The lowest BCUT2D eigenvalue weighted by atomic mass is 10.1. The van der Waals surface area contributed by atoms with Crippen LogP contribution in [0.4, 0.5) is 5.69 Å². The van der Waals surface area contributed by atoms with Gasteiger partial charge in [-0.25, -0.2) is 4.98 Å². The molecule has 1 atom stereocenters. The Hall–Kier alpha value is -1.54. The second-order valence-corrected chi connectivity index (χ2v) is 7.68. The zero-order valence-electron chi connectivity index (χ0n) is 19.0. The Morgan fingerprint density at radius 2 is 1.69 bits per heavy atom. The van der Waals surface area contributed by atoms with Crippen molar-refractivity contribution in [1.82, 2.24) is 9.88 Å². The third-order valence-electron chi connectivity index (χ3n) is 5.34. The largest absolute Gasteiger partial charge is 1.00 e. The van der Waals surface area contributed by atoms with E-state index in [9.17, 15) is 0 Å². The number of aromatic nitrogens is 1. The van der Waals surface area contributed by atoms with E-state index in [4.69, 9.17) is 21.3 Å². The van der Waals surface area contributed by atoms with E-state index in [1.54, 1.807) is 7.11 Å².